The number of hydrogen-bond acceptors (Lipinski definition) is 2. The Balaban J connectivity index is 2.14. The Labute approximate surface area is 97.8 Å². The van der Waals surface area contributed by atoms with Gasteiger partial charge in [-0.05, 0) is 42.5 Å². The van der Waals surface area contributed by atoms with Gasteiger partial charge in [0, 0.05) is 23.3 Å². The van der Waals surface area contributed by atoms with Crippen LogP contribution in [0.4, 0.5) is 4.39 Å². The number of rotatable bonds is 1. The van der Waals surface area contributed by atoms with Gasteiger partial charge in [-0.1, -0.05) is 0 Å². The molecule has 2 aromatic heterocycles. The van der Waals surface area contributed by atoms with Gasteiger partial charge >= 0.3 is 0 Å². The first-order chi connectivity index (χ1) is 8.33. The number of benzene rings is 1. The van der Waals surface area contributed by atoms with Gasteiger partial charge in [0.2, 0.25) is 0 Å². The highest BCUT2D eigenvalue weighted by molar-refractivity contribution is 5.80. The van der Waals surface area contributed by atoms with Crippen molar-refractivity contribution in [1.29, 1.82) is 0 Å². The lowest BCUT2D eigenvalue weighted by molar-refractivity contribution is 0.628. The van der Waals surface area contributed by atoms with Crippen molar-refractivity contribution >= 4 is 10.9 Å². The summed E-state index contributed by atoms with van der Waals surface area (Å²) < 4.78 is 12.8. The summed E-state index contributed by atoms with van der Waals surface area (Å²) in [5.74, 6) is -0.237. The molecule has 0 aliphatic carbocycles. The molecule has 0 N–H and O–H groups in total. The van der Waals surface area contributed by atoms with Crippen LogP contribution in [0.25, 0.3) is 22.2 Å². The van der Waals surface area contributed by atoms with Gasteiger partial charge in [-0.2, -0.15) is 0 Å². The molecule has 0 spiro atoms. The molecular weight excluding hydrogens is 215 g/mol. The van der Waals surface area contributed by atoms with E-state index in [2.05, 4.69) is 9.97 Å². The standard InChI is InChI=1S/C14H9FN2/c15-12-4-1-10(2-5-12)13-6-3-11-9-16-8-7-14(11)17-13/h1-9H. The van der Waals surface area contributed by atoms with Crippen LogP contribution in [0.3, 0.4) is 0 Å². The van der Waals surface area contributed by atoms with Crippen molar-refractivity contribution in [3.8, 4) is 11.3 Å². The van der Waals surface area contributed by atoms with E-state index in [1.807, 2.05) is 18.2 Å². The maximum absolute atomic E-state index is 12.8. The summed E-state index contributed by atoms with van der Waals surface area (Å²) in [6.45, 7) is 0. The van der Waals surface area contributed by atoms with Crippen molar-refractivity contribution in [1.82, 2.24) is 9.97 Å². The smallest absolute Gasteiger partial charge is 0.123 e. The average Bonchev–Trinajstić information content (AvgIpc) is 2.39. The third-order valence-electron chi connectivity index (χ3n) is 2.63. The number of aromatic nitrogens is 2. The first-order valence-electron chi connectivity index (χ1n) is 5.30. The number of halogens is 1. The van der Waals surface area contributed by atoms with Gasteiger partial charge in [-0.25, -0.2) is 9.37 Å². The fourth-order valence-electron chi connectivity index (χ4n) is 1.75. The van der Waals surface area contributed by atoms with Crippen molar-refractivity contribution in [3.63, 3.8) is 0 Å². The van der Waals surface area contributed by atoms with Crippen molar-refractivity contribution in [2.24, 2.45) is 0 Å². The maximum Gasteiger partial charge on any atom is 0.123 e. The van der Waals surface area contributed by atoms with Crippen LogP contribution >= 0.6 is 0 Å². The quantitative estimate of drug-likeness (QED) is 0.632. The van der Waals surface area contributed by atoms with Crippen molar-refractivity contribution in [3.05, 3.63) is 60.7 Å². The van der Waals surface area contributed by atoms with Gasteiger partial charge in [0.1, 0.15) is 5.82 Å². The predicted octanol–water partition coefficient (Wildman–Crippen LogP) is 3.44. The Morgan fingerprint density at radius 3 is 2.53 bits per heavy atom. The highest BCUT2D eigenvalue weighted by atomic mass is 19.1. The summed E-state index contributed by atoms with van der Waals surface area (Å²) in [6, 6.07) is 12.1. The van der Waals surface area contributed by atoms with Crippen LogP contribution in [0.5, 0.6) is 0 Å². The van der Waals surface area contributed by atoms with E-state index in [4.69, 9.17) is 0 Å². The second kappa shape index (κ2) is 3.94. The van der Waals surface area contributed by atoms with E-state index < -0.39 is 0 Å². The van der Waals surface area contributed by atoms with Crippen LogP contribution in [-0.4, -0.2) is 9.97 Å². The molecule has 0 unspecified atom stereocenters. The van der Waals surface area contributed by atoms with Crippen LogP contribution < -0.4 is 0 Å². The second-order valence-electron chi connectivity index (χ2n) is 3.77. The third kappa shape index (κ3) is 1.87. The summed E-state index contributed by atoms with van der Waals surface area (Å²) in [6.07, 6.45) is 3.49. The van der Waals surface area contributed by atoms with E-state index in [0.29, 0.717) is 0 Å². The maximum atomic E-state index is 12.8. The summed E-state index contributed by atoms with van der Waals surface area (Å²) in [5, 5.41) is 0.998. The molecule has 0 atom stereocenters. The van der Waals surface area contributed by atoms with Crippen molar-refractivity contribution in [2.45, 2.75) is 0 Å². The molecule has 0 saturated heterocycles. The summed E-state index contributed by atoms with van der Waals surface area (Å²) in [5.41, 5.74) is 2.63. The minimum Gasteiger partial charge on any atom is -0.264 e. The van der Waals surface area contributed by atoms with Gasteiger partial charge < -0.3 is 0 Å². The number of nitrogens with zero attached hydrogens (tertiary/aromatic N) is 2. The Bertz CT molecular complexity index is 662. The molecule has 0 aliphatic rings. The Morgan fingerprint density at radius 2 is 1.71 bits per heavy atom. The first-order valence-corrected chi connectivity index (χ1v) is 5.30. The highest BCUT2D eigenvalue weighted by Crippen LogP contribution is 2.20. The molecule has 1 aromatic carbocycles. The monoisotopic (exact) mass is 224 g/mol. The van der Waals surface area contributed by atoms with Gasteiger partial charge in [-0.3, -0.25) is 4.98 Å². The second-order valence-corrected chi connectivity index (χ2v) is 3.77. The zero-order chi connectivity index (χ0) is 11.7. The van der Waals surface area contributed by atoms with Crippen LogP contribution in [-0.2, 0) is 0 Å². The summed E-state index contributed by atoms with van der Waals surface area (Å²) in [7, 11) is 0. The lowest BCUT2D eigenvalue weighted by atomic mass is 10.1. The minimum absolute atomic E-state index is 0.237. The van der Waals surface area contributed by atoms with Crippen LogP contribution in [0.15, 0.2) is 54.9 Å². The molecule has 2 nitrogen and oxygen atoms in total. The van der Waals surface area contributed by atoms with E-state index in [0.717, 1.165) is 22.2 Å². The van der Waals surface area contributed by atoms with Crippen molar-refractivity contribution in [2.75, 3.05) is 0 Å². The Hall–Kier alpha value is -2.29. The molecule has 3 heteroatoms. The normalized spacial score (nSPS) is 10.6. The lowest BCUT2D eigenvalue weighted by Gasteiger charge is -2.02. The fourth-order valence-corrected chi connectivity index (χ4v) is 1.75. The van der Waals surface area contributed by atoms with Gasteiger partial charge in [0.25, 0.3) is 0 Å². The topological polar surface area (TPSA) is 25.8 Å². The van der Waals surface area contributed by atoms with E-state index in [1.165, 1.54) is 12.1 Å². The molecule has 17 heavy (non-hydrogen) atoms. The van der Waals surface area contributed by atoms with Gasteiger partial charge in [0.15, 0.2) is 0 Å². The average molecular weight is 224 g/mol. The Kier molecular flexibility index (Phi) is 2.29. The first kappa shape index (κ1) is 9.90. The third-order valence-corrected chi connectivity index (χ3v) is 2.63. The van der Waals surface area contributed by atoms with E-state index in [1.54, 1.807) is 24.5 Å². The van der Waals surface area contributed by atoms with E-state index in [9.17, 15) is 4.39 Å². The number of pyridine rings is 2. The molecule has 0 bridgehead atoms. The predicted molar refractivity (Wildman–Crippen MR) is 64.9 cm³/mol. The molecule has 0 fully saturated rings. The SMILES string of the molecule is Fc1ccc(-c2ccc3cnccc3n2)cc1. The largest absolute Gasteiger partial charge is 0.264 e. The Morgan fingerprint density at radius 1 is 0.882 bits per heavy atom. The molecule has 3 rings (SSSR count). The van der Waals surface area contributed by atoms with Crippen molar-refractivity contribution < 1.29 is 4.39 Å². The summed E-state index contributed by atoms with van der Waals surface area (Å²) >= 11 is 0. The van der Waals surface area contributed by atoms with Crippen LogP contribution in [0, 0.1) is 5.82 Å². The van der Waals surface area contributed by atoms with Crippen LogP contribution in [0.1, 0.15) is 0 Å². The van der Waals surface area contributed by atoms with Gasteiger partial charge in [-0.15, -0.1) is 0 Å². The molecule has 82 valence electrons. The molecule has 2 heterocycles. The number of hydrogen-bond donors (Lipinski definition) is 0. The molecule has 0 aliphatic heterocycles. The molecular formula is C14H9FN2. The highest BCUT2D eigenvalue weighted by Gasteiger charge is 2.01. The lowest BCUT2D eigenvalue weighted by Crippen LogP contribution is -1.86. The van der Waals surface area contributed by atoms with E-state index in [-0.39, 0.29) is 5.82 Å². The van der Waals surface area contributed by atoms with Crippen LogP contribution in [0.2, 0.25) is 0 Å². The molecule has 3 aromatic rings. The fraction of sp³-hybridized carbons (Fsp3) is 0. The number of fused-ring (bicyclic) bond motifs is 1. The zero-order valence-electron chi connectivity index (χ0n) is 8.97. The molecule has 0 radical (unpaired) electrons. The van der Waals surface area contributed by atoms with Gasteiger partial charge in [0.05, 0.1) is 11.2 Å². The van der Waals surface area contributed by atoms with E-state index >= 15 is 0 Å². The zero-order valence-corrected chi connectivity index (χ0v) is 8.97. The molecule has 0 amide bonds. The minimum atomic E-state index is -0.237. The molecule has 0 saturated carbocycles. The summed E-state index contributed by atoms with van der Waals surface area (Å²) in [4.78, 5) is 8.55.